The van der Waals surface area contributed by atoms with Crippen molar-refractivity contribution < 1.29 is 32.6 Å². The molecule has 0 amide bonds. The maximum absolute atomic E-state index is 13.2. The molecule has 10 heteroatoms. The summed E-state index contributed by atoms with van der Waals surface area (Å²) in [6.45, 7) is 5.80. The zero-order chi connectivity index (χ0) is 22.6. The van der Waals surface area contributed by atoms with E-state index in [0.717, 1.165) is 0 Å². The molecular weight excluding hydrogens is 435 g/mol. The lowest BCUT2D eigenvalue weighted by molar-refractivity contribution is 0.171. The van der Waals surface area contributed by atoms with Crippen LogP contribution in [0.4, 0.5) is 11.4 Å². The Bertz CT molecular complexity index is 960. The van der Waals surface area contributed by atoms with Gasteiger partial charge in [-0.2, -0.15) is 0 Å². The maximum Gasteiger partial charge on any atom is 0.338 e. The summed E-state index contributed by atoms with van der Waals surface area (Å²) in [7, 11) is -3.49. The highest BCUT2D eigenvalue weighted by Gasteiger charge is 2.30. The molecule has 0 saturated heterocycles. The van der Waals surface area contributed by atoms with Crippen molar-refractivity contribution in [1.29, 1.82) is 5.41 Å². The fourth-order valence-electron chi connectivity index (χ4n) is 3.58. The van der Waals surface area contributed by atoms with Gasteiger partial charge in [0.15, 0.2) is 23.0 Å². The minimum absolute atomic E-state index is 0.0450. The van der Waals surface area contributed by atoms with Crippen molar-refractivity contribution in [3.05, 3.63) is 36.4 Å². The SMILES string of the molecule is CCOP(=O)(CC(=N)N(c1ccc2c(c1)OCCO2)c1ccc2c(c1)OCCO2)OCC. The topological polar surface area (TPSA) is 99.5 Å². The number of hydrogen-bond acceptors (Lipinski definition) is 8. The Morgan fingerprint density at radius 3 is 1.72 bits per heavy atom. The van der Waals surface area contributed by atoms with E-state index in [9.17, 15) is 4.57 Å². The second-order valence-electron chi connectivity index (χ2n) is 7.04. The van der Waals surface area contributed by atoms with E-state index < -0.39 is 7.60 Å². The van der Waals surface area contributed by atoms with Crippen LogP contribution in [-0.4, -0.2) is 51.6 Å². The van der Waals surface area contributed by atoms with Crippen molar-refractivity contribution in [3.8, 4) is 23.0 Å². The number of fused-ring (bicyclic) bond motifs is 2. The molecule has 2 heterocycles. The maximum atomic E-state index is 13.2. The van der Waals surface area contributed by atoms with Crippen LogP contribution in [0.15, 0.2) is 36.4 Å². The Morgan fingerprint density at radius 1 is 0.844 bits per heavy atom. The van der Waals surface area contributed by atoms with E-state index in [4.69, 9.17) is 33.4 Å². The Labute approximate surface area is 187 Å². The van der Waals surface area contributed by atoms with E-state index in [2.05, 4.69) is 0 Å². The molecule has 0 radical (unpaired) electrons. The number of ether oxygens (including phenoxy) is 4. The first kappa shape index (κ1) is 22.5. The lowest BCUT2D eigenvalue weighted by Crippen LogP contribution is -2.29. The first-order valence-corrected chi connectivity index (χ1v) is 12.3. The Balaban J connectivity index is 1.73. The van der Waals surface area contributed by atoms with E-state index in [-0.39, 0.29) is 25.2 Å². The van der Waals surface area contributed by atoms with Gasteiger partial charge in [-0.25, -0.2) is 0 Å². The molecule has 0 spiro atoms. The predicted octanol–water partition coefficient (Wildman–Crippen LogP) is 4.61. The van der Waals surface area contributed by atoms with Gasteiger partial charge < -0.3 is 28.0 Å². The molecule has 0 fully saturated rings. The van der Waals surface area contributed by atoms with Gasteiger partial charge in [-0.3, -0.25) is 14.9 Å². The van der Waals surface area contributed by atoms with Crippen LogP contribution in [0.25, 0.3) is 0 Å². The molecule has 9 nitrogen and oxygen atoms in total. The molecule has 32 heavy (non-hydrogen) atoms. The number of benzene rings is 2. The standard InChI is InChI=1S/C22H27N2O7P/c1-3-30-32(25,31-4-2)15-22(23)24(16-5-7-18-20(13-16)28-11-9-26-18)17-6-8-19-21(14-17)29-12-10-27-19/h5-8,13-14,23H,3-4,9-12,15H2,1-2H3. The fraction of sp³-hybridized carbons (Fsp3) is 0.409. The van der Waals surface area contributed by atoms with Crippen molar-refractivity contribution >= 4 is 24.8 Å². The lowest BCUT2D eigenvalue weighted by Gasteiger charge is -2.30. The zero-order valence-electron chi connectivity index (χ0n) is 18.2. The molecule has 2 aromatic carbocycles. The van der Waals surface area contributed by atoms with Gasteiger partial charge in [-0.1, -0.05) is 0 Å². The minimum Gasteiger partial charge on any atom is -0.486 e. The highest BCUT2D eigenvalue weighted by molar-refractivity contribution is 7.54. The zero-order valence-corrected chi connectivity index (χ0v) is 19.1. The number of rotatable bonds is 8. The summed E-state index contributed by atoms with van der Waals surface area (Å²) in [6, 6.07) is 10.8. The molecule has 0 atom stereocenters. The number of hydrogen-bond donors (Lipinski definition) is 1. The average molecular weight is 462 g/mol. The summed E-state index contributed by atoms with van der Waals surface area (Å²) in [5.74, 6) is 2.50. The second-order valence-corrected chi connectivity index (χ2v) is 9.10. The Kier molecular flexibility index (Phi) is 6.89. The van der Waals surface area contributed by atoms with E-state index in [0.29, 0.717) is 60.8 Å². The first-order valence-electron chi connectivity index (χ1n) is 10.6. The number of nitrogens with one attached hydrogen (secondary N) is 1. The molecule has 0 bridgehead atoms. The van der Waals surface area contributed by atoms with Gasteiger partial charge in [-0.15, -0.1) is 0 Å². The van der Waals surface area contributed by atoms with Gasteiger partial charge >= 0.3 is 7.60 Å². The van der Waals surface area contributed by atoms with Crippen molar-refractivity contribution in [1.82, 2.24) is 0 Å². The normalized spacial score (nSPS) is 14.7. The monoisotopic (exact) mass is 462 g/mol. The largest absolute Gasteiger partial charge is 0.486 e. The van der Waals surface area contributed by atoms with E-state index in [1.807, 2.05) is 12.1 Å². The van der Waals surface area contributed by atoms with Crippen LogP contribution in [0.3, 0.4) is 0 Å². The summed E-state index contributed by atoms with van der Waals surface area (Å²) >= 11 is 0. The summed E-state index contributed by atoms with van der Waals surface area (Å²) in [4.78, 5) is 1.67. The molecule has 172 valence electrons. The van der Waals surface area contributed by atoms with Crippen molar-refractivity contribution in [2.24, 2.45) is 0 Å². The average Bonchev–Trinajstić information content (AvgIpc) is 2.79. The quantitative estimate of drug-likeness (QED) is 0.345. The number of amidine groups is 1. The Hall–Kier alpha value is -2.74. The predicted molar refractivity (Wildman–Crippen MR) is 120 cm³/mol. The van der Waals surface area contributed by atoms with E-state index >= 15 is 0 Å². The van der Waals surface area contributed by atoms with Crippen LogP contribution in [-0.2, 0) is 13.6 Å². The number of nitrogens with zero attached hydrogens (tertiary/aromatic N) is 1. The van der Waals surface area contributed by atoms with Crippen LogP contribution >= 0.6 is 7.60 Å². The van der Waals surface area contributed by atoms with Crippen LogP contribution in [0, 0.1) is 5.41 Å². The highest BCUT2D eigenvalue weighted by Crippen LogP contribution is 2.49. The smallest absolute Gasteiger partial charge is 0.338 e. The summed E-state index contributed by atoms with van der Waals surface area (Å²) in [5, 5.41) is 8.86. The lowest BCUT2D eigenvalue weighted by atomic mass is 10.2. The summed E-state index contributed by atoms with van der Waals surface area (Å²) in [6.07, 6.45) is -0.197. The third-order valence-electron chi connectivity index (χ3n) is 4.83. The molecule has 1 N–H and O–H groups in total. The minimum atomic E-state index is -3.49. The van der Waals surface area contributed by atoms with Crippen molar-refractivity contribution in [2.45, 2.75) is 13.8 Å². The molecule has 2 aliphatic heterocycles. The van der Waals surface area contributed by atoms with Gasteiger partial charge in [0.2, 0.25) is 0 Å². The highest BCUT2D eigenvalue weighted by atomic mass is 31.2. The molecule has 0 aliphatic carbocycles. The first-order chi connectivity index (χ1) is 15.5. The Morgan fingerprint density at radius 2 is 1.28 bits per heavy atom. The van der Waals surface area contributed by atoms with Crippen LogP contribution in [0.5, 0.6) is 23.0 Å². The molecular formula is C22H27N2O7P. The molecule has 0 saturated carbocycles. The number of anilines is 2. The van der Waals surface area contributed by atoms with E-state index in [1.165, 1.54) is 0 Å². The molecule has 2 aromatic rings. The van der Waals surface area contributed by atoms with Crippen molar-refractivity contribution in [3.63, 3.8) is 0 Å². The van der Waals surface area contributed by atoms with Crippen molar-refractivity contribution in [2.75, 3.05) is 50.7 Å². The molecule has 2 aliphatic rings. The third kappa shape index (κ3) is 4.85. The van der Waals surface area contributed by atoms with Crippen LogP contribution in [0.2, 0.25) is 0 Å². The summed E-state index contributed by atoms with van der Waals surface area (Å²) in [5.41, 5.74) is 1.30. The van der Waals surface area contributed by atoms with Gasteiger partial charge in [0.1, 0.15) is 38.4 Å². The molecule has 0 unspecified atom stereocenters. The third-order valence-corrected chi connectivity index (χ3v) is 6.82. The van der Waals surface area contributed by atoms with E-state index in [1.54, 1.807) is 43.0 Å². The molecule has 0 aromatic heterocycles. The van der Waals surface area contributed by atoms with Crippen LogP contribution in [0.1, 0.15) is 13.8 Å². The van der Waals surface area contributed by atoms with Gasteiger partial charge in [-0.05, 0) is 38.1 Å². The van der Waals surface area contributed by atoms with Gasteiger partial charge in [0.05, 0.1) is 24.6 Å². The molecule has 4 rings (SSSR count). The van der Waals surface area contributed by atoms with Gasteiger partial charge in [0.25, 0.3) is 0 Å². The summed E-state index contributed by atoms with van der Waals surface area (Å²) < 4.78 is 46.7. The van der Waals surface area contributed by atoms with Gasteiger partial charge in [0, 0.05) is 12.1 Å². The van der Waals surface area contributed by atoms with Crippen LogP contribution < -0.4 is 23.8 Å². The second kappa shape index (κ2) is 9.81. The fourth-order valence-corrected chi connectivity index (χ4v) is 5.13.